The summed E-state index contributed by atoms with van der Waals surface area (Å²) in [7, 11) is 0. The molecule has 0 aliphatic carbocycles. The van der Waals surface area contributed by atoms with Gasteiger partial charge in [0.1, 0.15) is 0 Å². The van der Waals surface area contributed by atoms with Crippen LogP contribution >= 0.6 is 0 Å². The van der Waals surface area contributed by atoms with Gasteiger partial charge >= 0.3 is 11.9 Å². The van der Waals surface area contributed by atoms with Gasteiger partial charge in [-0.05, 0) is 38.5 Å². The Kier molecular flexibility index (Phi) is 6.73. The van der Waals surface area contributed by atoms with E-state index in [1.807, 2.05) is 6.92 Å². The first-order valence-corrected chi connectivity index (χ1v) is 6.68. The molecule has 0 aromatic heterocycles. The van der Waals surface area contributed by atoms with Crippen LogP contribution in [0.5, 0.6) is 0 Å². The van der Waals surface area contributed by atoms with Crippen molar-refractivity contribution in [2.75, 3.05) is 19.8 Å². The van der Waals surface area contributed by atoms with Crippen LogP contribution in [-0.4, -0.2) is 31.8 Å². The van der Waals surface area contributed by atoms with Crippen molar-refractivity contribution in [2.24, 2.45) is 0 Å². The fourth-order valence-corrected chi connectivity index (χ4v) is 1.67. The molecular formula is C15H20O5. The second-order valence-electron chi connectivity index (χ2n) is 3.96. The summed E-state index contributed by atoms with van der Waals surface area (Å²) in [6.45, 7) is 6.77. The van der Waals surface area contributed by atoms with E-state index >= 15 is 0 Å². The van der Waals surface area contributed by atoms with Gasteiger partial charge in [-0.25, -0.2) is 9.59 Å². The largest absolute Gasteiger partial charge is 0.462 e. The molecular weight excluding hydrogens is 260 g/mol. The fraction of sp³-hybridized carbons (Fsp3) is 0.467. The first-order valence-electron chi connectivity index (χ1n) is 6.68. The summed E-state index contributed by atoms with van der Waals surface area (Å²) in [5.74, 6) is -1.06. The van der Waals surface area contributed by atoms with Gasteiger partial charge in [0, 0.05) is 6.61 Å². The summed E-state index contributed by atoms with van der Waals surface area (Å²) in [5, 5.41) is 0. The second kappa shape index (κ2) is 8.32. The molecule has 0 aliphatic heterocycles. The summed E-state index contributed by atoms with van der Waals surface area (Å²) in [6, 6.07) is 4.92. The van der Waals surface area contributed by atoms with E-state index in [-0.39, 0.29) is 24.3 Å². The Morgan fingerprint density at radius 1 is 0.900 bits per heavy atom. The SMILES string of the molecule is CCOCc1ccc(C(=O)OCC)c(C(=O)OCC)c1. The maximum atomic E-state index is 11.9. The number of hydrogen-bond acceptors (Lipinski definition) is 5. The van der Waals surface area contributed by atoms with E-state index in [4.69, 9.17) is 14.2 Å². The summed E-state index contributed by atoms with van der Waals surface area (Å²) in [4.78, 5) is 23.8. The zero-order valence-corrected chi connectivity index (χ0v) is 12.1. The molecule has 5 nitrogen and oxygen atoms in total. The van der Waals surface area contributed by atoms with E-state index in [2.05, 4.69) is 0 Å². The maximum absolute atomic E-state index is 11.9. The average molecular weight is 280 g/mol. The van der Waals surface area contributed by atoms with Gasteiger partial charge in [0.05, 0.1) is 30.9 Å². The van der Waals surface area contributed by atoms with E-state index < -0.39 is 11.9 Å². The number of esters is 2. The molecule has 0 unspecified atom stereocenters. The van der Waals surface area contributed by atoms with Crippen LogP contribution in [0.1, 0.15) is 47.1 Å². The third-order valence-electron chi connectivity index (χ3n) is 2.55. The number of ether oxygens (including phenoxy) is 3. The number of carbonyl (C=O) groups is 2. The van der Waals surface area contributed by atoms with Gasteiger partial charge in [-0.15, -0.1) is 0 Å². The molecule has 0 amide bonds. The topological polar surface area (TPSA) is 61.8 Å². The molecule has 0 spiro atoms. The fourth-order valence-electron chi connectivity index (χ4n) is 1.67. The zero-order valence-electron chi connectivity index (χ0n) is 12.1. The minimum absolute atomic E-state index is 0.211. The van der Waals surface area contributed by atoms with E-state index in [1.54, 1.807) is 32.0 Å². The highest BCUT2D eigenvalue weighted by Crippen LogP contribution is 2.16. The van der Waals surface area contributed by atoms with E-state index in [1.165, 1.54) is 0 Å². The average Bonchev–Trinajstić information content (AvgIpc) is 2.45. The van der Waals surface area contributed by atoms with Gasteiger partial charge in [0.15, 0.2) is 0 Å². The van der Waals surface area contributed by atoms with Crippen molar-refractivity contribution in [3.05, 3.63) is 34.9 Å². The lowest BCUT2D eigenvalue weighted by Gasteiger charge is -2.10. The second-order valence-corrected chi connectivity index (χ2v) is 3.96. The summed E-state index contributed by atoms with van der Waals surface area (Å²) >= 11 is 0. The van der Waals surface area contributed by atoms with Crippen LogP contribution in [0.4, 0.5) is 0 Å². The molecule has 0 saturated carbocycles. The molecule has 0 bridgehead atoms. The highest BCUT2D eigenvalue weighted by atomic mass is 16.5. The van der Waals surface area contributed by atoms with Gasteiger partial charge in [0.25, 0.3) is 0 Å². The normalized spacial score (nSPS) is 10.2. The Labute approximate surface area is 118 Å². The molecule has 0 radical (unpaired) electrons. The number of hydrogen-bond donors (Lipinski definition) is 0. The van der Waals surface area contributed by atoms with Crippen LogP contribution in [-0.2, 0) is 20.8 Å². The Morgan fingerprint density at radius 2 is 1.50 bits per heavy atom. The van der Waals surface area contributed by atoms with Crippen LogP contribution in [0.25, 0.3) is 0 Å². The molecule has 5 heteroatoms. The molecule has 0 heterocycles. The lowest BCUT2D eigenvalue weighted by atomic mass is 10.0. The van der Waals surface area contributed by atoms with E-state index in [9.17, 15) is 9.59 Å². The molecule has 0 saturated heterocycles. The summed E-state index contributed by atoms with van der Waals surface area (Å²) in [6.07, 6.45) is 0. The van der Waals surface area contributed by atoms with Crippen molar-refractivity contribution in [3.63, 3.8) is 0 Å². The standard InChI is InChI=1S/C15H20O5/c1-4-18-10-11-7-8-12(14(16)19-5-2)13(9-11)15(17)20-6-3/h7-9H,4-6,10H2,1-3H3. The predicted octanol–water partition coefficient (Wildman–Crippen LogP) is 2.58. The van der Waals surface area contributed by atoms with Crippen LogP contribution in [0, 0.1) is 0 Å². The van der Waals surface area contributed by atoms with Gasteiger partial charge in [-0.2, -0.15) is 0 Å². The highest BCUT2D eigenvalue weighted by molar-refractivity contribution is 6.03. The number of carbonyl (C=O) groups excluding carboxylic acids is 2. The third-order valence-corrected chi connectivity index (χ3v) is 2.55. The molecule has 0 atom stereocenters. The minimum Gasteiger partial charge on any atom is -0.462 e. The molecule has 20 heavy (non-hydrogen) atoms. The van der Waals surface area contributed by atoms with Crippen molar-refractivity contribution >= 4 is 11.9 Å². The smallest absolute Gasteiger partial charge is 0.339 e. The van der Waals surface area contributed by atoms with Crippen LogP contribution in [0.2, 0.25) is 0 Å². The van der Waals surface area contributed by atoms with Crippen LogP contribution in [0.3, 0.4) is 0 Å². The lowest BCUT2D eigenvalue weighted by molar-refractivity contribution is 0.0478. The third kappa shape index (κ3) is 4.35. The lowest BCUT2D eigenvalue weighted by Crippen LogP contribution is -2.14. The Bertz CT molecular complexity index is 467. The van der Waals surface area contributed by atoms with Gasteiger partial charge in [-0.1, -0.05) is 6.07 Å². The van der Waals surface area contributed by atoms with E-state index in [0.29, 0.717) is 13.2 Å². The quantitative estimate of drug-likeness (QED) is 0.718. The monoisotopic (exact) mass is 280 g/mol. The molecule has 1 aromatic carbocycles. The number of benzene rings is 1. The molecule has 1 rings (SSSR count). The molecule has 0 N–H and O–H groups in total. The molecule has 0 fully saturated rings. The molecule has 110 valence electrons. The zero-order chi connectivity index (χ0) is 15.0. The van der Waals surface area contributed by atoms with Crippen molar-refractivity contribution in [1.29, 1.82) is 0 Å². The Hall–Kier alpha value is -1.88. The first kappa shape index (κ1) is 16.2. The minimum atomic E-state index is -0.533. The maximum Gasteiger partial charge on any atom is 0.339 e. The predicted molar refractivity (Wildman–Crippen MR) is 73.7 cm³/mol. The Morgan fingerprint density at radius 3 is 2.05 bits per heavy atom. The summed E-state index contributed by atoms with van der Waals surface area (Å²) in [5.41, 5.74) is 1.23. The Balaban J connectivity index is 3.09. The van der Waals surface area contributed by atoms with Gasteiger partial charge < -0.3 is 14.2 Å². The molecule has 1 aromatic rings. The first-order chi connectivity index (χ1) is 9.63. The summed E-state index contributed by atoms with van der Waals surface area (Å²) < 4.78 is 15.2. The van der Waals surface area contributed by atoms with Gasteiger partial charge in [-0.3, -0.25) is 0 Å². The van der Waals surface area contributed by atoms with Gasteiger partial charge in [0.2, 0.25) is 0 Å². The van der Waals surface area contributed by atoms with E-state index in [0.717, 1.165) is 5.56 Å². The van der Waals surface area contributed by atoms with Crippen LogP contribution < -0.4 is 0 Å². The van der Waals surface area contributed by atoms with Crippen molar-refractivity contribution in [3.8, 4) is 0 Å². The van der Waals surface area contributed by atoms with Crippen molar-refractivity contribution in [1.82, 2.24) is 0 Å². The number of rotatable bonds is 7. The highest BCUT2D eigenvalue weighted by Gasteiger charge is 2.19. The van der Waals surface area contributed by atoms with Crippen molar-refractivity contribution in [2.45, 2.75) is 27.4 Å². The molecule has 0 aliphatic rings. The van der Waals surface area contributed by atoms with Crippen molar-refractivity contribution < 1.29 is 23.8 Å². The van der Waals surface area contributed by atoms with Crippen LogP contribution in [0.15, 0.2) is 18.2 Å².